The maximum absolute atomic E-state index is 13.2. The Bertz CT molecular complexity index is 1430. The first kappa shape index (κ1) is 26.7. The number of hydrogen-bond donors (Lipinski definition) is 1. The van der Waals surface area contributed by atoms with Crippen LogP contribution in [0.25, 0.3) is 6.08 Å². The summed E-state index contributed by atoms with van der Waals surface area (Å²) in [4.78, 5) is 39.2. The zero-order valence-corrected chi connectivity index (χ0v) is 24.3. The Morgan fingerprint density at radius 1 is 1.03 bits per heavy atom. The largest absolute Gasteiger partial charge is 0.487 e. The van der Waals surface area contributed by atoms with Gasteiger partial charge in [0.25, 0.3) is 11.8 Å². The van der Waals surface area contributed by atoms with Crippen LogP contribution in [0.4, 0.5) is 10.5 Å². The summed E-state index contributed by atoms with van der Waals surface area (Å²) in [6.07, 6.45) is 1.45. The molecule has 1 saturated heterocycles. The van der Waals surface area contributed by atoms with Crippen molar-refractivity contribution in [1.82, 2.24) is 5.32 Å². The van der Waals surface area contributed by atoms with E-state index < -0.39 is 17.8 Å². The molecule has 0 unspecified atom stereocenters. The third-order valence-electron chi connectivity index (χ3n) is 5.57. The third kappa shape index (κ3) is 5.61. The maximum Gasteiger partial charge on any atom is 0.335 e. The zero-order chi connectivity index (χ0) is 26.1. The van der Waals surface area contributed by atoms with Crippen LogP contribution in [-0.4, -0.2) is 17.8 Å². The number of rotatable bonds is 5. The van der Waals surface area contributed by atoms with Gasteiger partial charge in [-0.25, -0.2) is 9.69 Å². The zero-order valence-electron chi connectivity index (χ0n) is 19.0. The molecule has 184 valence electrons. The first-order valence-corrected chi connectivity index (χ1v) is 13.2. The number of hydrogen-bond acceptors (Lipinski definition) is 4. The highest BCUT2D eigenvalue weighted by Gasteiger charge is 2.37. The molecule has 0 aromatic heterocycles. The highest BCUT2D eigenvalue weighted by Crippen LogP contribution is 2.34. The fourth-order valence-corrected chi connectivity index (χ4v) is 5.74. The molecule has 1 N–H and O–H groups in total. The highest BCUT2D eigenvalue weighted by molar-refractivity contribution is 14.1. The molecule has 1 fully saturated rings. The number of carbonyl (C=O) groups excluding carboxylic acids is 3. The number of carbonyl (C=O) groups is 3. The molecule has 0 saturated carbocycles. The van der Waals surface area contributed by atoms with Crippen molar-refractivity contribution < 1.29 is 19.1 Å². The number of benzene rings is 3. The summed E-state index contributed by atoms with van der Waals surface area (Å²) in [5.41, 5.74) is 3.53. The summed E-state index contributed by atoms with van der Waals surface area (Å²) >= 11 is 17.8. The summed E-state index contributed by atoms with van der Waals surface area (Å²) in [6.45, 7) is 4.04. The summed E-state index contributed by atoms with van der Waals surface area (Å²) in [5.74, 6) is -0.875. The Balaban J connectivity index is 1.61. The predicted molar refractivity (Wildman–Crippen MR) is 153 cm³/mol. The van der Waals surface area contributed by atoms with Crippen molar-refractivity contribution in [3.8, 4) is 5.75 Å². The molecule has 4 rings (SSSR count). The van der Waals surface area contributed by atoms with Gasteiger partial charge in [0.1, 0.15) is 17.9 Å². The molecule has 6 nitrogen and oxygen atoms in total. The fraction of sp³-hybridized carbons (Fsp3) is 0.115. The minimum atomic E-state index is -0.786. The number of imide groups is 2. The second-order valence-corrected chi connectivity index (χ2v) is 10.9. The van der Waals surface area contributed by atoms with Crippen molar-refractivity contribution in [2.75, 3.05) is 4.90 Å². The second kappa shape index (κ2) is 10.9. The maximum atomic E-state index is 13.2. The molecule has 10 heteroatoms. The number of anilines is 1. The Kier molecular flexibility index (Phi) is 8.09. The lowest BCUT2D eigenvalue weighted by molar-refractivity contribution is -0.122. The molecule has 3 aromatic carbocycles. The van der Waals surface area contributed by atoms with Crippen LogP contribution >= 0.6 is 61.7 Å². The van der Waals surface area contributed by atoms with Gasteiger partial charge in [0, 0.05) is 15.6 Å². The van der Waals surface area contributed by atoms with E-state index in [0.717, 1.165) is 25.2 Å². The highest BCUT2D eigenvalue weighted by atomic mass is 127. The van der Waals surface area contributed by atoms with Crippen molar-refractivity contribution in [2.45, 2.75) is 20.5 Å². The number of barbiturate groups is 1. The van der Waals surface area contributed by atoms with E-state index in [1.807, 2.05) is 19.9 Å². The first-order valence-electron chi connectivity index (χ1n) is 10.6. The van der Waals surface area contributed by atoms with Crippen LogP contribution in [-0.2, 0) is 16.2 Å². The van der Waals surface area contributed by atoms with Gasteiger partial charge >= 0.3 is 6.03 Å². The molecule has 0 radical (unpaired) electrons. The van der Waals surface area contributed by atoms with Crippen molar-refractivity contribution >= 4 is 91.3 Å². The molecule has 0 bridgehead atoms. The summed E-state index contributed by atoms with van der Waals surface area (Å²) in [6, 6.07) is 13.1. The molecule has 3 aromatic rings. The lowest BCUT2D eigenvalue weighted by atomic mass is 10.1. The Labute approximate surface area is 239 Å². The molecule has 1 aliphatic heterocycles. The van der Waals surface area contributed by atoms with Gasteiger partial charge in [0.2, 0.25) is 0 Å². The summed E-state index contributed by atoms with van der Waals surface area (Å²) in [5, 5.41) is 3.29. The van der Waals surface area contributed by atoms with E-state index in [-0.39, 0.29) is 12.2 Å². The number of amides is 4. The lowest BCUT2D eigenvalue weighted by Crippen LogP contribution is -2.54. The van der Waals surface area contributed by atoms with E-state index in [9.17, 15) is 14.4 Å². The molecular weight excluding hydrogens is 682 g/mol. The van der Waals surface area contributed by atoms with Gasteiger partial charge < -0.3 is 4.74 Å². The van der Waals surface area contributed by atoms with Gasteiger partial charge in [0.05, 0.1) is 13.7 Å². The standard InChI is InChI=1S/C26H18BrCl2IN2O4/c1-13-3-6-18(7-14(13)2)32-25(34)19(24(33)31-26(32)35)8-15-9-20(27)23(22(30)10-15)36-12-16-4-5-17(28)11-21(16)29/h3-11H,12H2,1-2H3,(H,31,33,35)/b19-8+. The molecule has 0 spiro atoms. The molecule has 36 heavy (non-hydrogen) atoms. The molecular formula is C26H18BrCl2IN2O4. The Hall–Kier alpha value is -2.40. The van der Waals surface area contributed by atoms with Crippen LogP contribution in [0.2, 0.25) is 10.0 Å². The van der Waals surface area contributed by atoms with E-state index in [1.165, 1.54) is 6.08 Å². The lowest BCUT2D eigenvalue weighted by Gasteiger charge is -2.27. The summed E-state index contributed by atoms with van der Waals surface area (Å²) in [7, 11) is 0. The van der Waals surface area contributed by atoms with Crippen LogP contribution in [0.5, 0.6) is 5.75 Å². The number of urea groups is 1. The SMILES string of the molecule is Cc1ccc(N2C(=O)NC(=O)/C(=C\c3cc(Br)c(OCc4ccc(Cl)cc4Cl)c(I)c3)C2=O)cc1C. The smallest absolute Gasteiger partial charge is 0.335 e. The van der Waals surface area contributed by atoms with E-state index >= 15 is 0 Å². The van der Waals surface area contributed by atoms with Crippen LogP contribution < -0.4 is 15.0 Å². The fourth-order valence-electron chi connectivity index (χ4n) is 3.51. The minimum Gasteiger partial charge on any atom is -0.487 e. The van der Waals surface area contributed by atoms with Gasteiger partial charge in [0.15, 0.2) is 0 Å². The summed E-state index contributed by atoms with van der Waals surface area (Å²) < 4.78 is 7.33. The van der Waals surface area contributed by atoms with Crippen LogP contribution in [0, 0.1) is 17.4 Å². The molecule has 1 heterocycles. The topological polar surface area (TPSA) is 75.7 Å². The molecule has 0 atom stereocenters. The van der Waals surface area contributed by atoms with Crippen molar-refractivity contribution in [3.05, 3.63) is 94.4 Å². The third-order valence-corrected chi connectivity index (χ3v) is 7.55. The van der Waals surface area contributed by atoms with E-state index in [1.54, 1.807) is 42.5 Å². The van der Waals surface area contributed by atoms with Crippen molar-refractivity contribution in [1.29, 1.82) is 0 Å². The van der Waals surface area contributed by atoms with Crippen molar-refractivity contribution in [3.63, 3.8) is 0 Å². The number of aryl methyl sites for hydroxylation is 2. The Morgan fingerprint density at radius 2 is 1.78 bits per heavy atom. The monoisotopic (exact) mass is 698 g/mol. The molecule has 4 amide bonds. The minimum absolute atomic E-state index is 0.155. The van der Waals surface area contributed by atoms with Gasteiger partial charge in [-0.1, -0.05) is 35.3 Å². The predicted octanol–water partition coefficient (Wildman–Crippen LogP) is 7.22. The van der Waals surface area contributed by atoms with Gasteiger partial charge in [-0.3, -0.25) is 14.9 Å². The average Bonchev–Trinajstić information content (AvgIpc) is 2.79. The van der Waals surface area contributed by atoms with Gasteiger partial charge in [-0.2, -0.15) is 0 Å². The number of halogens is 4. The van der Waals surface area contributed by atoms with Crippen LogP contribution in [0.15, 0.2) is 58.6 Å². The average molecular weight is 700 g/mol. The first-order chi connectivity index (χ1) is 17.0. The van der Waals surface area contributed by atoms with E-state index in [0.29, 0.717) is 31.5 Å². The van der Waals surface area contributed by atoms with E-state index in [2.05, 4.69) is 43.8 Å². The van der Waals surface area contributed by atoms with Crippen LogP contribution in [0.3, 0.4) is 0 Å². The Morgan fingerprint density at radius 3 is 2.44 bits per heavy atom. The molecule has 1 aliphatic rings. The number of nitrogens with zero attached hydrogens (tertiary/aromatic N) is 1. The van der Waals surface area contributed by atoms with Crippen LogP contribution in [0.1, 0.15) is 22.3 Å². The second-order valence-electron chi connectivity index (χ2n) is 8.06. The van der Waals surface area contributed by atoms with Gasteiger partial charge in [-0.05, 0) is 112 Å². The van der Waals surface area contributed by atoms with Gasteiger partial charge in [-0.15, -0.1) is 0 Å². The molecule has 0 aliphatic carbocycles. The number of nitrogens with one attached hydrogen (secondary N) is 1. The quantitative estimate of drug-likeness (QED) is 0.173. The number of ether oxygens (including phenoxy) is 1. The van der Waals surface area contributed by atoms with Crippen molar-refractivity contribution in [2.24, 2.45) is 0 Å². The normalized spacial score (nSPS) is 14.9. The van der Waals surface area contributed by atoms with E-state index in [4.69, 9.17) is 27.9 Å².